The minimum atomic E-state index is -0.975. The van der Waals surface area contributed by atoms with Crippen LogP contribution in [0, 0.1) is 10.1 Å². The highest BCUT2D eigenvalue weighted by Crippen LogP contribution is 2.34. The van der Waals surface area contributed by atoms with Crippen LogP contribution in [0.25, 0.3) is 0 Å². The Kier molecular flexibility index (Phi) is 6.40. The quantitative estimate of drug-likeness (QED) is 0.552. The van der Waals surface area contributed by atoms with Crippen molar-refractivity contribution in [3.8, 4) is 5.75 Å². The number of carboxylic acid groups (broad SMARTS) is 1. The lowest BCUT2D eigenvalue weighted by Crippen LogP contribution is -2.37. The number of likely N-dealkylation sites (N-methyl/N-ethyl adjacent to an activating group) is 1. The van der Waals surface area contributed by atoms with Gasteiger partial charge in [0.15, 0.2) is 0 Å². The number of nitro groups is 1. The third-order valence-corrected chi connectivity index (χ3v) is 3.17. The Morgan fingerprint density at radius 3 is 2.85 bits per heavy atom. The van der Waals surface area contributed by atoms with Crippen LogP contribution in [0.2, 0.25) is 0 Å². The Morgan fingerprint density at radius 1 is 1.60 bits per heavy atom. The number of halogens is 1. The normalized spacial score (nSPS) is 11.9. The summed E-state index contributed by atoms with van der Waals surface area (Å²) in [5, 5.41) is 22.6. The molecule has 0 aliphatic carbocycles. The van der Waals surface area contributed by atoms with Crippen LogP contribution in [-0.2, 0) is 4.79 Å². The summed E-state index contributed by atoms with van der Waals surface area (Å²) < 4.78 is 5.82. The Labute approximate surface area is 124 Å². The number of carboxylic acids is 1. The molecule has 8 heteroatoms. The molecule has 0 aliphatic rings. The van der Waals surface area contributed by atoms with E-state index in [2.05, 4.69) is 21.2 Å². The van der Waals surface area contributed by atoms with Gasteiger partial charge in [0.25, 0.3) is 0 Å². The second-order valence-electron chi connectivity index (χ2n) is 3.93. The average Bonchev–Trinajstić information content (AvgIpc) is 2.38. The van der Waals surface area contributed by atoms with Crippen LogP contribution >= 0.6 is 15.9 Å². The minimum absolute atomic E-state index is 0.0629. The first kappa shape index (κ1) is 16.4. The number of rotatable bonds is 8. The largest absolute Gasteiger partial charge is 0.486 e. The Hall–Kier alpha value is -1.67. The molecule has 0 fully saturated rings. The third kappa shape index (κ3) is 4.46. The fourth-order valence-electron chi connectivity index (χ4n) is 1.62. The van der Waals surface area contributed by atoms with E-state index in [9.17, 15) is 14.9 Å². The van der Waals surface area contributed by atoms with Crippen LogP contribution in [0.15, 0.2) is 22.7 Å². The maximum absolute atomic E-state index is 10.9. The van der Waals surface area contributed by atoms with Gasteiger partial charge in [0.1, 0.15) is 6.04 Å². The Bertz CT molecular complexity index is 495. The van der Waals surface area contributed by atoms with Gasteiger partial charge in [-0.05, 0) is 28.5 Å². The molecule has 0 spiro atoms. The molecule has 1 aromatic rings. The third-order valence-electron chi connectivity index (χ3n) is 2.54. The van der Waals surface area contributed by atoms with Crippen LogP contribution in [0.1, 0.15) is 13.3 Å². The molecule has 0 bridgehead atoms. The molecule has 0 aliphatic heterocycles. The van der Waals surface area contributed by atoms with Gasteiger partial charge in [0.2, 0.25) is 5.75 Å². The standard InChI is InChI=1S/C12H15BrN2O5/c1-2-14-9(12(16)17)6-7-20-11-8(13)4-3-5-10(11)15(18)19/h3-5,9,14H,2,6-7H2,1H3,(H,16,17). The molecule has 1 atom stereocenters. The predicted octanol–water partition coefficient (Wildman–Crippen LogP) is 2.19. The second-order valence-corrected chi connectivity index (χ2v) is 4.79. The molecule has 0 amide bonds. The molecule has 2 N–H and O–H groups in total. The predicted molar refractivity (Wildman–Crippen MR) is 76.0 cm³/mol. The van der Waals surface area contributed by atoms with Crippen molar-refractivity contribution in [1.82, 2.24) is 5.32 Å². The number of aliphatic carboxylic acids is 1. The van der Waals surface area contributed by atoms with Gasteiger partial charge in [-0.1, -0.05) is 13.0 Å². The summed E-state index contributed by atoms with van der Waals surface area (Å²) in [7, 11) is 0. The molecule has 1 aromatic carbocycles. The van der Waals surface area contributed by atoms with Crippen molar-refractivity contribution in [1.29, 1.82) is 0 Å². The summed E-state index contributed by atoms with van der Waals surface area (Å²) in [4.78, 5) is 21.3. The van der Waals surface area contributed by atoms with Gasteiger partial charge in [-0.2, -0.15) is 0 Å². The van der Waals surface area contributed by atoms with Crippen molar-refractivity contribution in [2.75, 3.05) is 13.2 Å². The van der Waals surface area contributed by atoms with E-state index in [0.29, 0.717) is 11.0 Å². The number of para-hydroxylation sites is 1. The average molecular weight is 347 g/mol. The van der Waals surface area contributed by atoms with E-state index in [1.54, 1.807) is 13.0 Å². The SMILES string of the molecule is CCNC(CCOc1c(Br)cccc1[N+](=O)[O-])C(=O)O. The van der Waals surface area contributed by atoms with E-state index in [0.717, 1.165) is 0 Å². The van der Waals surface area contributed by atoms with E-state index in [1.807, 2.05) is 0 Å². The molecular weight excluding hydrogens is 332 g/mol. The number of nitro benzene ring substituents is 1. The fraction of sp³-hybridized carbons (Fsp3) is 0.417. The van der Waals surface area contributed by atoms with E-state index >= 15 is 0 Å². The molecule has 0 aromatic heterocycles. The van der Waals surface area contributed by atoms with E-state index in [-0.39, 0.29) is 24.5 Å². The van der Waals surface area contributed by atoms with Gasteiger partial charge in [-0.15, -0.1) is 0 Å². The monoisotopic (exact) mass is 346 g/mol. The first-order valence-electron chi connectivity index (χ1n) is 5.99. The van der Waals surface area contributed by atoms with Gasteiger partial charge in [0.05, 0.1) is 16.0 Å². The first-order valence-corrected chi connectivity index (χ1v) is 6.78. The van der Waals surface area contributed by atoms with Crippen LogP contribution in [0.3, 0.4) is 0 Å². The Balaban J connectivity index is 2.70. The highest BCUT2D eigenvalue weighted by atomic mass is 79.9. The maximum atomic E-state index is 10.9. The van der Waals surface area contributed by atoms with Crippen LogP contribution in [0.4, 0.5) is 5.69 Å². The lowest BCUT2D eigenvalue weighted by atomic mass is 10.2. The number of hydrogen-bond acceptors (Lipinski definition) is 5. The minimum Gasteiger partial charge on any atom is -0.486 e. The van der Waals surface area contributed by atoms with Crippen molar-refractivity contribution in [2.45, 2.75) is 19.4 Å². The Morgan fingerprint density at radius 2 is 2.30 bits per heavy atom. The van der Waals surface area contributed by atoms with E-state index in [1.165, 1.54) is 12.1 Å². The summed E-state index contributed by atoms with van der Waals surface area (Å²) in [6.07, 6.45) is 0.210. The molecule has 110 valence electrons. The summed E-state index contributed by atoms with van der Waals surface area (Å²) in [6.45, 7) is 2.38. The molecule has 1 unspecified atom stereocenters. The van der Waals surface area contributed by atoms with Crippen molar-refractivity contribution < 1.29 is 19.6 Å². The molecule has 1 rings (SSSR count). The molecular formula is C12H15BrN2O5. The molecule has 0 saturated carbocycles. The number of carbonyl (C=O) groups is 1. The van der Waals surface area contributed by atoms with Crippen LogP contribution < -0.4 is 10.1 Å². The van der Waals surface area contributed by atoms with Crippen molar-refractivity contribution >= 4 is 27.6 Å². The maximum Gasteiger partial charge on any atom is 0.320 e. The molecule has 7 nitrogen and oxygen atoms in total. The van der Waals surface area contributed by atoms with Gasteiger partial charge >= 0.3 is 11.7 Å². The lowest BCUT2D eigenvalue weighted by molar-refractivity contribution is -0.386. The zero-order chi connectivity index (χ0) is 15.1. The summed E-state index contributed by atoms with van der Waals surface area (Å²) in [6, 6.07) is 3.76. The van der Waals surface area contributed by atoms with Gasteiger partial charge in [0, 0.05) is 12.5 Å². The summed E-state index contributed by atoms with van der Waals surface area (Å²) >= 11 is 3.18. The van der Waals surface area contributed by atoms with Gasteiger partial charge in [-0.25, -0.2) is 0 Å². The fourth-order valence-corrected chi connectivity index (χ4v) is 2.09. The molecule has 0 saturated heterocycles. The second kappa shape index (κ2) is 7.81. The first-order chi connectivity index (χ1) is 9.47. The summed E-state index contributed by atoms with van der Waals surface area (Å²) in [5.74, 6) is -0.866. The number of nitrogens with zero attached hydrogens (tertiary/aromatic N) is 1. The number of ether oxygens (including phenoxy) is 1. The number of nitrogens with one attached hydrogen (secondary N) is 1. The van der Waals surface area contributed by atoms with Crippen LogP contribution in [-0.4, -0.2) is 35.2 Å². The zero-order valence-electron chi connectivity index (χ0n) is 10.8. The highest BCUT2D eigenvalue weighted by Gasteiger charge is 2.20. The van der Waals surface area contributed by atoms with Crippen molar-refractivity contribution in [3.63, 3.8) is 0 Å². The summed E-state index contributed by atoms with van der Waals surface area (Å²) in [5.41, 5.74) is -0.158. The number of hydrogen-bond donors (Lipinski definition) is 2. The molecule has 0 radical (unpaired) electrons. The zero-order valence-corrected chi connectivity index (χ0v) is 12.4. The molecule has 20 heavy (non-hydrogen) atoms. The van der Waals surface area contributed by atoms with Gasteiger partial charge in [-0.3, -0.25) is 14.9 Å². The van der Waals surface area contributed by atoms with Gasteiger partial charge < -0.3 is 15.2 Å². The lowest BCUT2D eigenvalue weighted by Gasteiger charge is -2.14. The smallest absolute Gasteiger partial charge is 0.320 e. The highest BCUT2D eigenvalue weighted by molar-refractivity contribution is 9.10. The van der Waals surface area contributed by atoms with Crippen LogP contribution in [0.5, 0.6) is 5.75 Å². The number of benzene rings is 1. The van der Waals surface area contributed by atoms with E-state index < -0.39 is 16.9 Å². The van der Waals surface area contributed by atoms with Crippen molar-refractivity contribution in [3.05, 3.63) is 32.8 Å². The van der Waals surface area contributed by atoms with Crippen molar-refractivity contribution in [2.24, 2.45) is 0 Å². The van der Waals surface area contributed by atoms with E-state index in [4.69, 9.17) is 9.84 Å². The topological polar surface area (TPSA) is 102 Å². The molecule has 0 heterocycles.